The Morgan fingerprint density at radius 2 is 1.01 bits per heavy atom. The maximum Gasteiger partial charge on any atom is 0.310 e. The quantitative estimate of drug-likeness (QED) is 0.0141. The van der Waals surface area contributed by atoms with Crippen molar-refractivity contribution in [1.82, 2.24) is 34.6 Å². The highest BCUT2D eigenvalue weighted by Crippen LogP contribution is 2.60. The molecule has 2 saturated heterocycles. The van der Waals surface area contributed by atoms with Crippen molar-refractivity contribution in [2.75, 3.05) is 27.3 Å². The number of carbonyl (C=O) groups is 8. The number of carboxylic acids is 2. The molecule has 2 amide bonds. The van der Waals surface area contributed by atoms with Crippen LogP contribution < -0.4 is 29.6 Å². The number of pyridine rings is 2. The first-order valence-electron chi connectivity index (χ1n) is 42.1. The highest BCUT2D eigenvalue weighted by atomic mass is 35.5. The van der Waals surface area contributed by atoms with Gasteiger partial charge in [-0.3, -0.25) is 44.2 Å². The highest BCUT2D eigenvalue weighted by molar-refractivity contribution is 7.89. The van der Waals surface area contributed by atoms with Crippen molar-refractivity contribution in [3.8, 4) is 44.4 Å². The summed E-state index contributed by atoms with van der Waals surface area (Å²) in [6, 6.07) is 15.2. The Morgan fingerprint density at radius 1 is 0.602 bits per heavy atom. The second-order valence-electron chi connectivity index (χ2n) is 37.3. The number of likely N-dealkylation sites (tertiary alicyclic amines) is 2. The molecule has 2 aliphatic heterocycles. The molecule has 26 nitrogen and oxygen atoms in total. The third-order valence-electron chi connectivity index (χ3n) is 26.1. The van der Waals surface area contributed by atoms with Gasteiger partial charge in [0.25, 0.3) is 10.0 Å². The van der Waals surface area contributed by atoms with Gasteiger partial charge in [0.1, 0.15) is 78.9 Å². The zero-order valence-corrected chi connectivity index (χ0v) is 75.6. The first-order chi connectivity index (χ1) is 57.6. The predicted octanol–water partition coefficient (Wildman–Crippen LogP) is 17.3. The lowest BCUT2D eigenvalue weighted by Crippen LogP contribution is -2.48. The number of hydrazine groups is 1. The first-order valence-corrected chi connectivity index (χ1v) is 46.1. The Labute approximate surface area is 737 Å². The molecule has 123 heavy (non-hydrogen) atoms. The summed E-state index contributed by atoms with van der Waals surface area (Å²) in [6.07, 6.45) is 6.95. The van der Waals surface area contributed by atoms with E-state index in [9.17, 15) is 57.0 Å². The number of thiazole rings is 2. The average Bonchev–Trinajstić information content (AvgIpc) is 1.59. The number of halogens is 2. The number of aryl methyl sites for hydroxylation is 1. The van der Waals surface area contributed by atoms with Crippen LogP contribution in [0.5, 0.6) is 23.0 Å². The molecule has 2 unspecified atom stereocenters. The number of esters is 2. The lowest BCUT2D eigenvalue weighted by Gasteiger charge is -2.35. The molecule has 8 fully saturated rings. The van der Waals surface area contributed by atoms with E-state index in [4.69, 9.17) is 77.4 Å². The molecule has 15 rings (SSSR count). The number of benzene rings is 3. The van der Waals surface area contributed by atoms with Gasteiger partial charge in [-0.25, -0.2) is 28.4 Å². The maximum atomic E-state index is 14.7. The fraction of sp³-hybridized carbons (Fsp3) is 0.565. The van der Waals surface area contributed by atoms with Gasteiger partial charge in [-0.1, -0.05) is 137 Å². The van der Waals surface area contributed by atoms with Crippen LogP contribution in [-0.2, 0) is 57.9 Å². The van der Waals surface area contributed by atoms with E-state index in [1.807, 2.05) is 84.3 Å². The molecule has 5 N–H and O–H groups in total. The minimum Gasteiger partial charge on any atom is -0.495 e. The van der Waals surface area contributed by atoms with Gasteiger partial charge in [-0.05, 0) is 153 Å². The molecule has 3 aromatic carbocycles. The van der Waals surface area contributed by atoms with E-state index in [0.29, 0.717) is 119 Å². The van der Waals surface area contributed by atoms with Gasteiger partial charge in [-0.15, -0.1) is 29.3 Å². The summed E-state index contributed by atoms with van der Waals surface area (Å²) in [5.41, 5.74) is 1.21. The van der Waals surface area contributed by atoms with Gasteiger partial charge in [0.15, 0.2) is 11.6 Å². The summed E-state index contributed by atoms with van der Waals surface area (Å²) in [5.74, 6) is 3.38. The lowest BCUT2D eigenvalue weighted by molar-refractivity contribution is -0.157. The molecule has 7 aromatic rings. The molecule has 0 spiro atoms. The Morgan fingerprint density at radius 3 is 1.34 bits per heavy atom. The molecule has 6 saturated carbocycles. The van der Waals surface area contributed by atoms with Gasteiger partial charge in [0.05, 0.1) is 102 Å². The number of sulfonamides is 1. The van der Waals surface area contributed by atoms with E-state index >= 15 is 0 Å². The predicted molar refractivity (Wildman–Crippen MR) is 471 cm³/mol. The van der Waals surface area contributed by atoms with Gasteiger partial charge in [0.2, 0.25) is 11.8 Å². The Hall–Kier alpha value is -8.71. The number of nitrogens with one attached hydrogen (secondary N) is 1. The van der Waals surface area contributed by atoms with Crippen LogP contribution in [-0.4, -0.2) is 159 Å². The third-order valence-corrected chi connectivity index (χ3v) is 29.8. The molecule has 664 valence electrons. The van der Waals surface area contributed by atoms with Crippen LogP contribution in [0.4, 0.5) is 0 Å². The molecular formula is C92H116Cl2N8O18S3. The zero-order valence-electron chi connectivity index (χ0n) is 71.6. The van der Waals surface area contributed by atoms with Crippen LogP contribution in [0.15, 0.2) is 89.0 Å². The molecule has 8 aliphatic rings. The Bertz CT molecular complexity index is 5300. The molecule has 6 heterocycles. The fourth-order valence-corrected chi connectivity index (χ4v) is 21.3. The average molecular weight is 1790 g/mol. The number of carboxylic acid groups (broad SMARTS) is 2. The highest BCUT2D eigenvalue weighted by Gasteiger charge is 2.63. The molecule has 0 bridgehead atoms. The zero-order chi connectivity index (χ0) is 88.3. The molecule has 31 heteroatoms. The van der Waals surface area contributed by atoms with Crippen molar-refractivity contribution in [3.63, 3.8) is 0 Å². The number of nitrogens with two attached hydrogens (primary N) is 1. The topological polar surface area (TPSA) is 363 Å². The van der Waals surface area contributed by atoms with Crippen LogP contribution >= 0.6 is 45.9 Å². The largest absolute Gasteiger partial charge is 0.495 e. The van der Waals surface area contributed by atoms with Crippen LogP contribution in [0.2, 0.25) is 10.0 Å². The van der Waals surface area contributed by atoms with Gasteiger partial charge < -0.3 is 48.4 Å². The SMILES string of the molecule is C.C=C[C@@H]1C[C@]1(CC(=O)[C@@H]1C[C@@H](Oc2cc(-c3nc(C(C)C)cs3)nc3c(Cl)c(OC)ccc23)CN1C(=O)[C@@H](CC(=O)OC1C[C@@H]2C[C@@H]2C1)C(C)(C)C)C(=O)O.CC[C@@H]1C[C@]1(CC(=O)[C@@H]1C[C@@H](Oc2cc(-c3nc(C(C)C)cs3)nc3c(Cl)c(OC)ccc23)CN1C(=O)[C@@H](CC(=O)OC1C[C@@H]2C[C@@H]2C1)C(C)(C)C)C(=O)O.Cc1ccc(S(=O)(=O)NN)cc1. The molecular weight excluding hydrogens is 1670 g/mol. The van der Waals surface area contributed by atoms with E-state index in [1.165, 1.54) is 71.7 Å². The van der Waals surface area contributed by atoms with Gasteiger partial charge >= 0.3 is 23.9 Å². The summed E-state index contributed by atoms with van der Waals surface area (Å²) < 4.78 is 58.4. The molecule has 0 radical (unpaired) electrons. The van der Waals surface area contributed by atoms with E-state index < -0.39 is 91.7 Å². The molecule has 4 aromatic heterocycles. The minimum atomic E-state index is -3.49. The number of nitrogens with zero attached hydrogens (tertiary/aromatic N) is 6. The second kappa shape index (κ2) is 37.1. The molecule has 16 atom stereocenters. The van der Waals surface area contributed by atoms with Crippen LogP contribution in [0.3, 0.4) is 0 Å². The van der Waals surface area contributed by atoms with Crippen LogP contribution in [0.25, 0.3) is 43.2 Å². The van der Waals surface area contributed by atoms with Gasteiger partial charge in [0, 0.05) is 59.3 Å². The number of hydrogen-bond acceptors (Lipinski definition) is 23. The van der Waals surface area contributed by atoms with Crippen molar-refractivity contribution >= 4 is 125 Å². The number of ether oxygens (including phenoxy) is 6. The lowest BCUT2D eigenvalue weighted by atomic mass is 9.77. The smallest absolute Gasteiger partial charge is 0.310 e. The number of methoxy groups -OCH3 is 2. The second-order valence-corrected chi connectivity index (χ2v) is 41.5. The number of amides is 2. The van der Waals surface area contributed by atoms with Crippen molar-refractivity contribution in [2.45, 2.75) is 240 Å². The maximum absolute atomic E-state index is 14.7. The van der Waals surface area contributed by atoms with E-state index in [0.717, 1.165) is 42.6 Å². The number of fused-ring (bicyclic) bond motifs is 4. The summed E-state index contributed by atoms with van der Waals surface area (Å²) in [7, 11) is -0.426. The summed E-state index contributed by atoms with van der Waals surface area (Å²) >= 11 is 16.6. The van der Waals surface area contributed by atoms with E-state index in [1.54, 1.807) is 41.2 Å². The number of ketones is 2. The number of aliphatic carboxylic acids is 2. The number of allylic oxidation sites excluding steroid dienone is 1. The van der Waals surface area contributed by atoms with E-state index in [2.05, 4.69) is 34.3 Å². The third kappa shape index (κ3) is 20.4. The van der Waals surface area contributed by atoms with Crippen LogP contribution in [0, 0.1) is 75.9 Å². The number of Topliss-reactive ketones (excluding diaryl/α,β-unsaturated/α-hetero) is 2. The van der Waals surface area contributed by atoms with Crippen molar-refractivity contribution in [2.24, 2.45) is 74.8 Å². The number of carbonyl (C=O) groups excluding carboxylic acids is 6. The first kappa shape index (κ1) is 93.4. The Kier molecular flexibility index (Phi) is 28.2. The normalized spacial score (nSPS) is 25.7. The summed E-state index contributed by atoms with van der Waals surface area (Å²) in [4.78, 5) is 134. The summed E-state index contributed by atoms with van der Waals surface area (Å²) in [6.45, 7) is 27.4. The monoisotopic (exact) mass is 1790 g/mol. The van der Waals surface area contributed by atoms with E-state index in [-0.39, 0.29) is 123 Å². The molecule has 6 aliphatic carbocycles. The number of hydrogen-bond donors (Lipinski definition) is 4. The standard InChI is InChI=1S/C42H52ClN3O8S.C42H50ClN3O8S.C7H10N2O2S.CH4/c2*1-8-24-17-42(24,40(50)51)18-32(47)31-14-26(19-46(31)39(49)28(41(4,5)6)15-35(48)54-25-12-22-11-23(22)13-25)53-34-16-29(38-45-30(20-55-38)21(2)3)44-37-27(34)9-10-33(52-7)36(37)43;1-6-2-4-7(5-3-6)12(10,11)9-8;/h9-10,16,20-26,28,31H,8,11-15,17-19H2,1-7H3,(H,50,51);8-10,16,20-26,28,31H,1,11-15,17-19H2,2-7H3,(H,50,51);2-5,9H,8H2,1H3;1H4/t2*22-,23+,24-,25?,26-,28-,31+,42-;;/m11../s1. The van der Waals surface area contributed by atoms with Crippen LogP contribution in [0.1, 0.15) is 209 Å². The fourth-order valence-electron chi connectivity index (χ4n) is 18.2. The minimum absolute atomic E-state index is 0. The Balaban J connectivity index is 0.000000196. The van der Waals surface area contributed by atoms with Crippen molar-refractivity contribution in [1.29, 1.82) is 0 Å². The number of rotatable bonds is 30. The van der Waals surface area contributed by atoms with Crippen molar-refractivity contribution < 1.29 is 85.4 Å². The van der Waals surface area contributed by atoms with Gasteiger partial charge in [-0.2, -0.15) is 4.83 Å². The number of aromatic nitrogens is 4. The van der Waals surface area contributed by atoms with Crippen molar-refractivity contribution in [3.05, 3.63) is 111 Å². The summed E-state index contributed by atoms with van der Waals surface area (Å²) in [5, 5.41) is 27.6.